The fourth-order valence-electron chi connectivity index (χ4n) is 1.50. The zero-order valence-corrected chi connectivity index (χ0v) is 7.21. The van der Waals surface area contributed by atoms with Crippen LogP contribution < -0.4 is 0 Å². The largest absolute Gasteiger partial charge is 0.389 e. The maximum Gasteiger partial charge on any atom is 0.0726 e. The number of methoxy groups -OCH3 is 1. The highest BCUT2D eigenvalue weighted by Crippen LogP contribution is 2.25. The molecule has 0 aromatic rings. The molecule has 2 atom stereocenters. The molecule has 0 aromatic carbocycles. The highest BCUT2D eigenvalue weighted by molar-refractivity contribution is 5.14. The first kappa shape index (κ1) is 8.75. The van der Waals surface area contributed by atoms with Gasteiger partial charge in [0, 0.05) is 13.0 Å². The summed E-state index contributed by atoms with van der Waals surface area (Å²) in [5.41, 5.74) is 1.35. The van der Waals surface area contributed by atoms with Crippen molar-refractivity contribution in [1.82, 2.24) is 0 Å². The summed E-state index contributed by atoms with van der Waals surface area (Å²) in [6.45, 7) is 2.89. The zero-order chi connectivity index (χ0) is 8.27. The molecule has 0 saturated carbocycles. The molecule has 0 fully saturated rings. The first-order valence-corrected chi connectivity index (χ1v) is 4.11. The summed E-state index contributed by atoms with van der Waals surface area (Å²) in [7, 11) is 1.71. The van der Waals surface area contributed by atoms with E-state index in [1.165, 1.54) is 5.57 Å². The summed E-state index contributed by atoms with van der Waals surface area (Å²) in [6, 6.07) is 0. The van der Waals surface area contributed by atoms with Gasteiger partial charge in [0.15, 0.2) is 0 Å². The minimum atomic E-state index is -0.204. The van der Waals surface area contributed by atoms with Gasteiger partial charge in [0.25, 0.3) is 0 Å². The summed E-state index contributed by atoms with van der Waals surface area (Å²) in [5.74, 6) is 0.470. The van der Waals surface area contributed by atoms with Gasteiger partial charge in [0.1, 0.15) is 0 Å². The molecule has 2 unspecified atom stereocenters. The van der Waals surface area contributed by atoms with Crippen LogP contribution in [0.3, 0.4) is 0 Å². The Morgan fingerprint density at radius 3 is 3.00 bits per heavy atom. The van der Waals surface area contributed by atoms with Crippen LogP contribution in [0, 0.1) is 5.92 Å². The second kappa shape index (κ2) is 3.88. The standard InChI is InChI=1S/C9H16O2/c1-7(6-11-2)8-3-4-9(10)5-8/h5,7,9-10H,3-4,6H2,1-2H3. The third-order valence-corrected chi connectivity index (χ3v) is 2.18. The zero-order valence-electron chi connectivity index (χ0n) is 7.21. The molecule has 0 heterocycles. The predicted molar refractivity (Wildman–Crippen MR) is 44.4 cm³/mol. The number of aliphatic hydroxyl groups excluding tert-OH is 1. The van der Waals surface area contributed by atoms with Crippen LogP contribution in [0.2, 0.25) is 0 Å². The van der Waals surface area contributed by atoms with Crippen molar-refractivity contribution in [2.24, 2.45) is 5.92 Å². The van der Waals surface area contributed by atoms with Crippen molar-refractivity contribution >= 4 is 0 Å². The lowest BCUT2D eigenvalue weighted by Crippen LogP contribution is -2.05. The lowest BCUT2D eigenvalue weighted by molar-refractivity contribution is 0.171. The molecule has 1 aliphatic carbocycles. The lowest BCUT2D eigenvalue weighted by Gasteiger charge is -2.10. The number of hydrogen-bond acceptors (Lipinski definition) is 2. The van der Waals surface area contributed by atoms with Crippen molar-refractivity contribution in [2.75, 3.05) is 13.7 Å². The number of ether oxygens (including phenoxy) is 1. The van der Waals surface area contributed by atoms with Gasteiger partial charge in [0.2, 0.25) is 0 Å². The molecule has 0 amide bonds. The Kier molecular flexibility index (Phi) is 3.09. The van der Waals surface area contributed by atoms with Crippen molar-refractivity contribution in [3.8, 4) is 0 Å². The second-order valence-electron chi connectivity index (χ2n) is 3.20. The van der Waals surface area contributed by atoms with E-state index in [0.717, 1.165) is 19.4 Å². The van der Waals surface area contributed by atoms with E-state index in [1.807, 2.05) is 6.08 Å². The molecule has 0 radical (unpaired) electrons. The van der Waals surface area contributed by atoms with Crippen LogP contribution in [0.15, 0.2) is 11.6 Å². The molecule has 11 heavy (non-hydrogen) atoms. The minimum Gasteiger partial charge on any atom is -0.389 e. The van der Waals surface area contributed by atoms with Gasteiger partial charge < -0.3 is 9.84 Å². The molecule has 0 saturated heterocycles. The molecule has 2 heteroatoms. The second-order valence-corrected chi connectivity index (χ2v) is 3.20. The van der Waals surface area contributed by atoms with E-state index in [2.05, 4.69) is 6.92 Å². The number of hydrogen-bond donors (Lipinski definition) is 1. The molecule has 1 N–H and O–H groups in total. The molecule has 64 valence electrons. The van der Waals surface area contributed by atoms with E-state index in [4.69, 9.17) is 4.74 Å². The average Bonchev–Trinajstić information content (AvgIpc) is 2.36. The predicted octanol–water partition coefficient (Wildman–Crippen LogP) is 1.35. The Hall–Kier alpha value is -0.340. The van der Waals surface area contributed by atoms with Crippen molar-refractivity contribution in [3.63, 3.8) is 0 Å². The fourth-order valence-corrected chi connectivity index (χ4v) is 1.50. The van der Waals surface area contributed by atoms with Gasteiger partial charge in [-0.3, -0.25) is 0 Å². The number of rotatable bonds is 3. The average molecular weight is 156 g/mol. The molecule has 2 nitrogen and oxygen atoms in total. The first-order valence-electron chi connectivity index (χ1n) is 4.11. The Balaban J connectivity index is 2.41. The first-order chi connectivity index (χ1) is 5.24. The molecule has 1 aliphatic rings. The van der Waals surface area contributed by atoms with Crippen LogP contribution in [0.5, 0.6) is 0 Å². The topological polar surface area (TPSA) is 29.5 Å². The van der Waals surface area contributed by atoms with Crippen LogP contribution in [0.25, 0.3) is 0 Å². The van der Waals surface area contributed by atoms with Crippen molar-refractivity contribution in [2.45, 2.75) is 25.9 Å². The van der Waals surface area contributed by atoms with Crippen molar-refractivity contribution in [1.29, 1.82) is 0 Å². The Morgan fingerprint density at radius 1 is 1.82 bits per heavy atom. The molecule has 0 aliphatic heterocycles. The van der Waals surface area contributed by atoms with E-state index in [-0.39, 0.29) is 6.10 Å². The van der Waals surface area contributed by atoms with Gasteiger partial charge in [-0.05, 0) is 12.8 Å². The summed E-state index contributed by atoms with van der Waals surface area (Å²) >= 11 is 0. The third kappa shape index (κ3) is 2.31. The SMILES string of the molecule is COCC(C)C1=CC(O)CC1. The summed E-state index contributed by atoms with van der Waals surface area (Å²) < 4.78 is 5.03. The fraction of sp³-hybridized carbons (Fsp3) is 0.778. The smallest absolute Gasteiger partial charge is 0.0726 e. The van der Waals surface area contributed by atoms with E-state index < -0.39 is 0 Å². The Morgan fingerprint density at radius 2 is 2.55 bits per heavy atom. The third-order valence-electron chi connectivity index (χ3n) is 2.18. The van der Waals surface area contributed by atoms with Crippen LogP contribution in [-0.2, 0) is 4.74 Å². The molecular weight excluding hydrogens is 140 g/mol. The van der Waals surface area contributed by atoms with E-state index in [9.17, 15) is 5.11 Å². The summed E-state index contributed by atoms with van der Waals surface area (Å²) in [5, 5.41) is 9.20. The highest BCUT2D eigenvalue weighted by Gasteiger charge is 2.17. The molecular formula is C9H16O2. The van der Waals surface area contributed by atoms with Crippen LogP contribution >= 0.6 is 0 Å². The monoisotopic (exact) mass is 156 g/mol. The van der Waals surface area contributed by atoms with Gasteiger partial charge in [-0.25, -0.2) is 0 Å². The van der Waals surface area contributed by atoms with E-state index in [1.54, 1.807) is 7.11 Å². The maximum absolute atomic E-state index is 9.20. The van der Waals surface area contributed by atoms with Gasteiger partial charge in [-0.15, -0.1) is 0 Å². The molecule has 0 spiro atoms. The minimum absolute atomic E-state index is 0.204. The van der Waals surface area contributed by atoms with E-state index in [0.29, 0.717) is 5.92 Å². The molecule has 0 bridgehead atoms. The lowest BCUT2D eigenvalue weighted by atomic mass is 10.0. The van der Waals surface area contributed by atoms with Crippen LogP contribution in [0.1, 0.15) is 19.8 Å². The number of aliphatic hydroxyl groups is 1. The van der Waals surface area contributed by atoms with Crippen molar-refractivity contribution < 1.29 is 9.84 Å². The van der Waals surface area contributed by atoms with Crippen molar-refractivity contribution in [3.05, 3.63) is 11.6 Å². The quantitative estimate of drug-likeness (QED) is 0.625. The van der Waals surface area contributed by atoms with Gasteiger partial charge in [0.05, 0.1) is 12.7 Å². The summed E-state index contributed by atoms with van der Waals surface area (Å²) in [6.07, 6.45) is 3.68. The normalized spacial score (nSPS) is 26.8. The van der Waals surface area contributed by atoms with Crippen LogP contribution in [-0.4, -0.2) is 24.9 Å². The maximum atomic E-state index is 9.20. The van der Waals surface area contributed by atoms with Gasteiger partial charge in [-0.1, -0.05) is 18.6 Å². The van der Waals surface area contributed by atoms with E-state index >= 15 is 0 Å². The molecule has 0 aromatic heterocycles. The summed E-state index contributed by atoms with van der Waals surface area (Å²) in [4.78, 5) is 0. The van der Waals surface area contributed by atoms with Crippen LogP contribution in [0.4, 0.5) is 0 Å². The Bertz CT molecular complexity index is 152. The molecule has 1 rings (SSSR count). The highest BCUT2D eigenvalue weighted by atomic mass is 16.5. The Labute approximate surface area is 67.9 Å². The van der Waals surface area contributed by atoms with Gasteiger partial charge in [-0.2, -0.15) is 0 Å². The van der Waals surface area contributed by atoms with Gasteiger partial charge >= 0.3 is 0 Å².